The van der Waals surface area contributed by atoms with Crippen LogP contribution in [0.3, 0.4) is 0 Å². The maximum Gasteiger partial charge on any atom is 0.124 e. The topological polar surface area (TPSA) is 38.3 Å². The van der Waals surface area contributed by atoms with Gasteiger partial charge in [0, 0.05) is 21.6 Å². The third kappa shape index (κ3) is 3.67. The van der Waals surface area contributed by atoms with Crippen LogP contribution in [0.15, 0.2) is 24.3 Å². The number of rotatable bonds is 6. The Bertz CT molecular complexity index is 489. The highest BCUT2D eigenvalue weighted by molar-refractivity contribution is 7.86. The molecule has 4 heteroatoms. The molecule has 1 aromatic rings. The fourth-order valence-corrected chi connectivity index (χ4v) is 4.42. The summed E-state index contributed by atoms with van der Waals surface area (Å²) in [5.41, 5.74) is 1.14. The van der Waals surface area contributed by atoms with Crippen molar-refractivity contribution < 1.29 is 8.95 Å². The van der Waals surface area contributed by atoms with E-state index in [0.717, 1.165) is 24.3 Å². The van der Waals surface area contributed by atoms with E-state index in [0.29, 0.717) is 12.5 Å². The Morgan fingerprint density at radius 2 is 2.05 bits per heavy atom. The van der Waals surface area contributed by atoms with Gasteiger partial charge in [-0.2, -0.15) is 0 Å². The lowest BCUT2D eigenvalue weighted by atomic mass is 10.00. The molecule has 0 saturated heterocycles. The van der Waals surface area contributed by atoms with E-state index in [-0.39, 0.29) is 16.5 Å². The zero-order valence-corrected chi connectivity index (χ0v) is 14.3. The summed E-state index contributed by atoms with van der Waals surface area (Å²) in [6.07, 6.45) is 1.07. The van der Waals surface area contributed by atoms with Crippen molar-refractivity contribution in [1.82, 2.24) is 5.32 Å². The van der Waals surface area contributed by atoms with Gasteiger partial charge in [-0.25, -0.2) is 0 Å². The number of ether oxygens (including phenoxy) is 1. The summed E-state index contributed by atoms with van der Waals surface area (Å²) in [7, 11) is -0.910. The smallest absolute Gasteiger partial charge is 0.124 e. The zero-order valence-electron chi connectivity index (χ0n) is 13.5. The van der Waals surface area contributed by atoms with E-state index in [9.17, 15) is 4.21 Å². The van der Waals surface area contributed by atoms with E-state index in [2.05, 4.69) is 39.1 Å². The van der Waals surface area contributed by atoms with Crippen molar-refractivity contribution in [2.24, 2.45) is 5.92 Å². The predicted molar refractivity (Wildman–Crippen MR) is 89.2 cm³/mol. The Hall–Kier alpha value is -0.870. The lowest BCUT2D eigenvalue weighted by molar-refractivity contribution is 0.257. The van der Waals surface area contributed by atoms with Crippen molar-refractivity contribution in [1.29, 1.82) is 0 Å². The number of fused-ring (bicyclic) bond motifs is 1. The van der Waals surface area contributed by atoms with Gasteiger partial charge in [0.05, 0.1) is 11.3 Å². The fraction of sp³-hybridized carbons (Fsp3) is 0.647. The summed E-state index contributed by atoms with van der Waals surface area (Å²) in [5.74, 6) is 1.34. The molecule has 1 N–H and O–H groups in total. The molecule has 1 aromatic carbocycles. The van der Waals surface area contributed by atoms with Gasteiger partial charge in [0.15, 0.2) is 0 Å². The summed E-state index contributed by atoms with van der Waals surface area (Å²) in [4.78, 5) is 0. The Balaban J connectivity index is 2.27. The summed E-state index contributed by atoms with van der Waals surface area (Å²) in [6.45, 7) is 9.97. The van der Waals surface area contributed by atoms with Gasteiger partial charge in [-0.15, -0.1) is 0 Å². The van der Waals surface area contributed by atoms with Crippen LogP contribution >= 0.6 is 0 Å². The number of benzene rings is 1. The minimum atomic E-state index is -0.910. The van der Waals surface area contributed by atoms with Crippen molar-refractivity contribution in [2.75, 3.05) is 13.2 Å². The Morgan fingerprint density at radius 1 is 1.33 bits per heavy atom. The molecule has 4 atom stereocenters. The van der Waals surface area contributed by atoms with E-state index >= 15 is 0 Å². The highest BCUT2D eigenvalue weighted by Crippen LogP contribution is 2.35. The Labute approximate surface area is 130 Å². The second-order valence-electron chi connectivity index (χ2n) is 6.10. The number of hydrogen-bond acceptors (Lipinski definition) is 3. The summed E-state index contributed by atoms with van der Waals surface area (Å²) in [6, 6.07) is 8.23. The lowest BCUT2D eigenvalue weighted by Crippen LogP contribution is -2.45. The highest BCUT2D eigenvalue weighted by atomic mass is 32.2. The van der Waals surface area contributed by atoms with Crippen LogP contribution < -0.4 is 10.1 Å². The molecule has 1 aliphatic heterocycles. The molecule has 0 aromatic heterocycles. The van der Waals surface area contributed by atoms with Crippen LogP contribution in [0.4, 0.5) is 0 Å². The fourth-order valence-electron chi connectivity index (χ4n) is 2.62. The van der Waals surface area contributed by atoms with Crippen molar-refractivity contribution in [3.63, 3.8) is 0 Å². The zero-order chi connectivity index (χ0) is 15.4. The monoisotopic (exact) mass is 309 g/mol. The van der Waals surface area contributed by atoms with Crippen LogP contribution in [0.1, 0.15) is 45.7 Å². The Morgan fingerprint density at radius 3 is 2.71 bits per heavy atom. The molecule has 4 unspecified atom stereocenters. The van der Waals surface area contributed by atoms with Gasteiger partial charge >= 0.3 is 0 Å². The molecule has 1 heterocycles. The van der Waals surface area contributed by atoms with Gasteiger partial charge in [0.2, 0.25) is 0 Å². The van der Waals surface area contributed by atoms with Crippen molar-refractivity contribution in [3.05, 3.63) is 29.8 Å². The third-order valence-corrected chi connectivity index (χ3v) is 6.53. The first-order chi connectivity index (χ1) is 10.1. The van der Waals surface area contributed by atoms with E-state index in [1.807, 2.05) is 18.2 Å². The minimum Gasteiger partial charge on any atom is -0.492 e. The van der Waals surface area contributed by atoms with Gasteiger partial charge in [-0.3, -0.25) is 4.21 Å². The van der Waals surface area contributed by atoms with Gasteiger partial charge in [0.25, 0.3) is 0 Å². The molecule has 118 valence electrons. The van der Waals surface area contributed by atoms with E-state index < -0.39 is 10.8 Å². The minimum absolute atomic E-state index is 0.0175. The largest absolute Gasteiger partial charge is 0.492 e. The molecule has 0 bridgehead atoms. The lowest BCUT2D eigenvalue weighted by Gasteiger charge is -2.35. The van der Waals surface area contributed by atoms with Crippen molar-refractivity contribution in [3.8, 4) is 5.75 Å². The van der Waals surface area contributed by atoms with Crippen molar-refractivity contribution in [2.45, 2.75) is 50.7 Å². The maximum atomic E-state index is 12.9. The van der Waals surface area contributed by atoms with Crippen LogP contribution in [-0.2, 0) is 10.8 Å². The summed E-state index contributed by atoms with van der Waals surface area (Å²) in [5, 5.41) is 3.77. The molecule has 0 radical (unpaired) electrons. The highest BCUT2D eigenvalue weighted by Gasteiger charge is 2.36. The summed E-state index contributed by atoms with van der Waals surface area (Å²) >= 11 is 0. The Kier molecular flexibility index (Phi) is 5.82. The van der Waals surface area contributed by atoms with E-state index in [1.165, 1.54) is 0 Å². The molecular formula is C17H27NO2S. The standard InChI is InChI=1S/C17H27NO2S/c1-5-10-18-17-14-8-6-7-9-15(14)20-11-16(17)21(19)13(4)12(2)3/h6-9,12-13,16-18H,5,10-11H2,1-4H3. The molecular weight excluding hydrogens is 282 g/mol. The number of hydrogen-bond donors (Lipinski definition) is 1. The summed E-state index contributed by atoms with van der Waals surface area (Å²) < 4.78 is 18.8. The number of nitrogens with one attached hydrogen (secondary N) is 1. The third-order valence-electron chi connectivity index (χ3n) is 4.25. The van der Waals surface area contributed by atoms with Crippen LogP contribution in [0.25, 0.3) is 0 Å². The van der Waals surface area contributed by atoms with E-state index in [1.54, 1.807) is 0 Å². The average Bonchev–Trinajstić information content (AvgIpc) is 2.50. The molecule has 21 heavy (non-hydrogen) atoms. The molecule has 0 aliphatic carbocycles. The van der Waals surface area contributed by atoms with Gasteiger partial charge in [-0.05, 0) is 24.9 Å². The van der Waals surface area contributed by atoms with Crippen LogP contribution in [0.2, 0.25) is 0 Å². The molecule has 2 rings (SSSR count). The quantitative estimate of drug-likeness (QED) is 0.876. The van der Waals surface area contributed by atoms with Crippen LogP contribution in [-0.4, -0.2) is 27.9 Å². The predicted octanol–water partition coefficient (Wildman–Crippen LogP) is 3.28. The van der Waals surface area contributed by atoms with Crippen LogP contribution in [0.5, 0.6) is 5.75 Å². The van der Waals surface area contributed by atoms with Gasteiger partial charge in [0.1, 0.15) is 12.4 Å². The van der Waals surface area contributed by atoms with Gasteiger partial charge < -0.3 is 10.1 Å². The maximum absolute atomic E-state index is 12.9. The van der Waals surface area contributed by atoms with E-state index in [4.69, 9.17) is 4.74 Å². The van der Waals surface area contributed by atoms with Gasteiger partial charge in [-0.1, -0.05) is 45.9 Å². The van der Waals surface area contributed by atoms with Crippen LogP contribution in [0, 0.1) is 5.92 Å². The first-order valence-electron chi connectivity index (χ1n) is 7.90. The van der Waals surface area contributed by atoms with Crippen molar-refractivity contribution >= 4 is 10.8 Å². The SMILES string of the molecule is CCCNC1c2ccccc2OCC1S(=O)C(C)C(C)C. The molecule has 1 aliphatic rings. The molecule has 3 nitrogen and oxygen atoms in total. The first-order valence-corrected chi connectivity index (χ1v) is 9.18. The number of para-hydroxylation sites is 1. The molecule has 0 saturated carbocycles. The first kappa shape index (κ1) is 16.5. The molecule has 0 fully saturated rings. The second kappa shape index (κ2) is 7.41. The molecule has 0 spiro atoms. The second-order valence-corrected chi connectivity index (χ2v) is 8.10. The average molecular weight is 309 g/mol. The molecule has 0 amide bonds. The normalized spacial score (nSPS) is 24.2.